The Hall–Kier alpha value is -6.78. The number of nitrogens with two attached hydrogens (primary N) is 2. The first-order valence-electron chi connectivity index (χ1n) is 22.1. The van der Waals surface area contributed by atoms with Crippen LogP contribution in [0.4, 0.5) is 0 Å². The third kappa shape index (κ3) is 16.3. The van der Waals surface area contributed by atoms with Crippen LogP contribution >= 0.6 is 0 Å². The summed E-state index contributed by atoms with van der Waals surface area (Å²) in [6, 6.07) is -0.867. The van der Waals surface area contributed by atoms with Crippen molar-refractivity contribution in [2.45, 2.75) is 121 Å². The molecule has 2 aliphatic rings. The number of hydrogen-bond donors (Lipinski definition) is 13. The summed E-state index contributed by atoms with van der Waals surface area (Å²) in [6.45, 7) is 4.05. The molecule has 2 aromatic rings. The summed E-state index contributed by atoms with van der Waals surface area (Å²) in [4.78, 5) is 112. The van der Waals surface area contributed by atoms with Gasteiger partial charge in [-0.2, -0.15) is 0 Å². The molecule has 6 amide bonds. The van der Waals surface area contributed by atoms with Gasteiger partial charge in [0.2, 0.25) is 35.4 Å². The average Bonchev–Trinajstić information content (AvgIpc) is 3.95. The number of carboxylic acids is 2. The Kier molecular flexibility index (Phi) is 19.7. The summed E-state index contributed by atoms with van der Waals surface area (Å²) in [6.07, 6.45) is 5.76. The highest BCUT2D eigenvalue weighted by Gasteiger charge is 2.39. The molecule has 0 unspecified atom stereocenters. The highest BCUT2D eigenvalue weighted by molar-refractivity contribution is 5.95. The van der Waals surface area contributed by atoms with E-state index in [1.165, 1.54) is 23.4 Å². The van der Waals surface area contributed by atoms with Crippen molar-refractivity contribution in [3.63, 3.8) is 0 Å². The predicted octanol–water partition coefficient (Wildman–Crippen LogP) is -1.44. The number of guanidine groups is 1. The lowest BCUT2D eigenvalue weighted by atomic mass is 9.71. The van der Waals surface area contributed by atoms with Gasteiger partial charge in [0, 0.05) is 45.1 Å². The minimum atomic E-state index is -1.46. The molecule has 6 atom stereocenters. The smallest absolute Gasteiger partial charge is 0.326 e. The number of benzene rings is 1. The second-order valence-electron chi connectivity index (χ2n) is 17.3. The highest BCUT2D eigenvalue weighted by Crippen LogP contribution is 2.38. The fraction of sp³-hybridized carbons (Fsp3) is 0.581. The lowest BCUT2D eigenvalue weighted by Gasteiger charge is -2.35. The fourth-order valence-electron chi connectivity index (χ4n) is 8.10. The summed E-state index contributed by atoms with van der Waals surface area (Å²) in [7, 11) is 0. The van der Waals surface area contributed by atoms with Gasteiger partial charge in [0.25, 0.3) is 0 Å². The van der Waals surface area contributed by atoms with Crippen LogP contribution in [0.3, 0.4) is 0 Å². The molecule has 15 N–H and O–H groups in total. The number of amides is 6. The zero-order chi connectivity index (χ0) is 48.5. The number of carboxylic acid groups (broad SMARTS) is 2. The molecule has 1 saturated carbocycles. The lowest BCUT2D eigenvalue weighted by Crippen LogP contribution is -2.59. The molecular formula is C43H64N12O11. The minimum Gasteiger partial charge on any atom is -0.508 e. The number of carbonyl (C=O) groups is 8. The number of phenolic OH excluding ortho intramolecular Hbond substituents is 1. The van der Waals surface area contributed by atoms with Gasteiger partial charge in [-0.3, -0.25) is 39.0 Å². The van der Waals surface area contributed by atoms with E-state index in [2.05, 4.69) is 41.9 Å². The number of hydrogen-bond acceptors (Lipinski definition) is 12. The second kappa shape index (κ2) is 25.1. The van der Waals surface area contributed by atoms with E-state index in [1.54, 1.807) is 32.2 Å². The maximum absolute atomic E-state index is 13.9. The summed E-state index contributed by atoms with van der Waals surface area (Å²) in [5.74, 6) is -6.68. The molecule has 0 bridgehead atoms. The molecule has 0 spiro atoms. The maximum atomic E-state index is 13.9. The number of aromatic amines is 1. The van der Waals surface area contributed by atoms with Crippen molar-refractivity contribution in [1.82, 2.24) is 46.8 Å². The van der Waals surface area contributed by atoms with E-state index in [1.807, 2.05) is 0 Å². The van der Waals surface area contributed by atoms with E-state index >= 15 is 0 Å². The van der Waals surface area contributed by atoms with Gasteiger partial charge >= 0.3 is 11.9 Å². The Morgan fingerprint density at radius 1 is 0.864 bits per heavy atom. The number of rotatable bonds is 26. The van der Waals surface area contributed by atoms with Gasteiger partial charge in [0.15, 0.2) is 5.96 Å². The lowest BCUT2D eigenvalue weighted by molar-refractivity contribution is -0.149. The van der Waals surface area contributed by atoms with E-state index in [4.69, 9.17) is 22.0 Å². The first-order valence-corrected chi connectivity index (χ1v) is 22.1. The molecule has 4 rings (SSSR count). The summed E-state index contributed by atoms with van der Waals surface area (Å²) < 4.78 is 0. The molecule has 2 heterocycles. The molecule has 1 saturated heterocycles. The number of nitrogens with one attached hydrogen (secondary N) is 8. The van der Waals surface area contributed by atoms with Crippen LogP contribution in [0.1, 0.15) is 82.9 Å². The van der Waals surface area contributed by atoms with Crippen molar-refractivity contribution in [2.75, 3.05) is 19.6 Å². The number of nitrogens with zero attached hydrogens (tertiary/aromatic N) is 2. The number of phenols is 1. The monoisotopic (exact) mass is 924 g/mol. The largest absolute Gasteiger partial charge is 0.508 e. The Morgan fingerprint density at radius 3 is 2.18 bits per heavy atom. The van der Waals surface area contributed by atoms with Crippen molar-refractivity contribution in [2.24, 2.45) is 29.2 Å². The Balaban J connectivity index is 1.33. The number of carbonyl (C=O) groups excluding carboxylic acids is 6. The molecule has 362 valence electrons. The number of aromatic nitrogens is 2. The standard InChI is InChI=1S/C43H64N12O11/c1-23(2)36(54-39(62)30(5-3-12-49-43(45)46)52-37(60)29(44)20-35(58)59)40(63)53-31(17-24-7-9-28(56)10-8-24)38(61)48-13-11-25-15-26(16-25)18-34(57)51-32(19-27-21-47-22-50-27)41(64)55-14-4-6-33(55)42(65)66/h7-10,21-23,25-26,29-33,36,56H,3-6,11-20,44H2,1-2H3,(H,47,50)(H,48,61)(H,51,57)(H,52,60)(H,53,63)(H,54,62)(H,58,59)(H,65,66)(H4,45,46,49)/t25-,26+,29-,30-,31-,32-,33-,36-/m0/s1. The van der Waals surface area contributed by atoms with Gasteiger partial charge in [-0.05, 0) is 80.4 Å². The summed E-state index contributed by atoms with van der Waals surface area (Å²) >= 11 is 0. The van der Waals surface area contributed by atoms with Gasteiger partial charge < -0.3 is 68.6 Å². The maximum Gasteiger partial charge on any atom is 0.326 e. The van der Waals surface area contributed by atoms with Crippen molar-refractivity contribution >= 4 is 53.3 Å². The number of imidazole rings is 1. The third-order valence-electron chi connectivity index (χ3n) is 11.7. The van der Waals surface area contributed by atoms with Crippen LogP contribution in [-0.2, 0) is 51.2 Å². The number of likely N-dealkylation sites (tertiary alicyclic amines) is 1. The van der Waals surface area contributed by atoms with Gasteiger partial charge in [-0.15, -0.1) is 0 Å². The number of H-pyrrole nitrogens is 1. The van der Waals surface area contributed by atoms with Gasteiger partial charge in [-0.25, -0.2) is 9.78 Å². The van der Waals surface area contributed by atoms with Crippen LogP contribution < -0.4 is 43.4 Å². The van der Waals surface area contributed by atoms with E-state index < -0.39 is 90.1 Å². The van der Waals surface area contributed by atoms with Crippen molar-refractivity contribution in [3.05, 3.63) is 48.0 Å². The molecular weight excluding hydrogens is 861 g/mol. The minimum absolute atomic E-state index is 0.00330. The van der Waals surface area contributed by atoms with Crippen LogP contribution in [0.2, 0.25) is 0 Å². The normalized spacial score (nSPS) is 18.9. The number of aromatic hydroxyl groups is 1. The first-order chi connectivity index (χ1) is 31.3. The quantitative estimate of drug-likeness (QED) is 0.0292. The molecule has 23 heteroatoms. The number of aliphatic carboxylic acids is 2. The van der Waals surface area contributed by atoms with E-state index in [0.29, 0.717) is 43.4 Å². The van der Waals surface area contributed by atoms with Crippen LogP contribution in [0.25, 0.3) is 0 Å². The van der Waals surface area contributed by atoms with E-state index in [-0.39, 0.29) is 81.2 Å². The molecule has 1 aromatic carbocycles. The van der Waals surface area contributed by atoms with E-state index in [0.717, 1.165) is 0 Å². The first kappa shape index (κ1) is 51.9. The van der Waals surface area contributed by atoms with Crippen LogP contribution in [0.5, 0.6) is 5.75 Å². The summed E-state index contributed by atoms with van der Waals surface area (Å²) in [5.41, 5.74) is 12.2. The Morgan fingerprint density at radius 2 is 1.56 bits per heavy atom. The van der Waals surface area contributed by atoms with Gasteiger partial charge in [0.1, 0.15) is 36.0 Å². The zero-order valence-electron chi connectivity index (χ0n) is 37.2. The van der Waals surface area contributed by atoms with E-state index in [9.17, 15) is 48.6 Å². The summed E-state index contributed by atoms with van der Waals surface area (Å²) in [5, 5.41) is 52.1. The molecule has 1 aliphatic carbocycles. The molecule has 1 aliphatic heterocycles. The van der Waals surface area contributed by atoms with Crippen molar-refractivity contribution in [3.8, 4) is 5.75 Å². The topological polar surface area (TPSA) is 377 Å². The van der Waals surface area contributed by atoms with Crippen molar-refractivity contribution in [1.29, 1.82) is 5.41 Å². The highest BCUT2D eigenvalue weighted by atomic mass is 16.4. The van der Waals surface area contributed by atoms with Crippen LogP contribution in [-0.4, -0.2) is 139 Å². The zero-order valence-corrected chi connectivity index (χ0v) is 37.2. The molecule has 23 nitrogen and oxygen atoms in total. The molecule has 0 radical (unpaired) electrons. The second-order valence-corrected chi connectivity index (χ2v) is 17.3. The van der Waals surface area contributed by atoms with Crippen molar-refractivity contribution < 1.29 is 53.7 Å². The van der Waals surface area contributed by atoms with Crippen LogP contribution in [0, 0.1) is 23.2 Å². The SMILES string of the molecule is CC(C)[C@H](NC(=O)[C@H](CCCNC(=N)N)NC(=O)[C@@H](N)CC(=O)O)C(=O)N[C@@H](Cc1ccc(O)cc1)C(=O)NCC[C@H]1C[C@@H](CC(=O)N[C@@H](Cc2c[nH]cn2)C(=O)N2CCC[C@H]2C(=O)O)C1. The van der Waals surface area contributed by atoms with Gasteiger partial charge in [0.05, 0.1) is 24.5 Å². The predicted molar refractivity (Wildman–Crippen MR) is 237 cm³/mol. The molecule has 66 heavy (non-hydrogen) atoms. The third-order valence-corrected chi connectivity index (χ3v) is 11.7. The Labute approximate surface area is 381 Å². The fourth-order valence-corrected chi connectivity index (χ4v) is 8.10. The average molecular weight is 925 g/mol. The van der Waals surface area contributed by atoms with Gasteiger partial charge in [-0.1, -0.05) is 26.0 Å². The molecule has 1 aromatic heterocycles. The molecule has 2 fully saturated rings. The Bertz CT molecular complexity index is 2010. The van der Waals surface area contributed by atoms with Crippen LogP contribution in [0.15, 0.2) is 36.8 Å².